The molecule has 0 unspecified atom stereocenters. The molecule has 1 N–H and O–H groups in total. The van der Waals surface area contributed by atoms with Crippen LogP contribution in [-0.4, -0.2) is 35.3 Å². The molecular weight excluding hydrogens is 425 g/mol. The van der Waals surface area contributed by atoms with E-state index >= 15 is 0 Å². The Balaban J connectivity index is 1.31. The maximum absolute atomic E-state index is 14.5. The lowest BCUT2D eigenvalue weighted by Crippen LogP contribution is -2.32. The number of hydrogen-bond acceptors (Lipinski definition) is 2. The van der Waals surface area contributed by atoms with Gasteiger partial charge in [0.25, 0.3) is 0 Å². The van der Waals surface area contributed by atoms with Crippen molar-refractivity contribution in [3.63, 3.8) is 0 Å². The van der Waals surface area contributed by atoms with Gasteiger partial charge in [-0.15, -0.1) is 0 Å². The second-order valence-electron chi connectivity index (χ2n) is 9.66. The summed E-state index contributed by atoms with van der Waals surface area (Å²) in [5.74, 6) is -0.884. The fourth-order valence-corrected chi connectivity index (χ4v) is 5.54. The number of likely N-dealkylation sites (tertiary alicyclic amines) is 1. The number of ketones is 1. The zero-order valence-corrected chi connectivity index (χ0v) is 18.7. The van der Waals surface area contributed by atoms with Crippen molar-refractivity contribution < 1.29 is 18.0 Å². The Kier molecular flexibility index (Phi) is 6.28. The minimum Gasteiger partial charge on any atom is -0.352 e. The monoisotopic (exact) mass is 454 g/mol. The number of rotatable bonds is 7. The number of fused-ring (bicyclic) bond motifs is 1. The SMILES string of the molecule is O=C(CCN1CCCCC1)CC1CC(c2c(-c3ccc(F)cc3)[nH]c3c(F)cc(F)cc23)C1. The predicted molar refractivity (Wildman–Crippen MR) is 124 cm³/mol. The van der Waals surface area contributed by atoms with Crippen LogP contribution in [0.1, 0.15) is 56.4 Å². The summed E-state index contributed by atoms with van der Waals surface area (Å²) in [6.07, 6.45) is 6.53. The molecule has 3 nitrogen and oxygen atoms in total. The Morgan fingerprint density at radius 1 is 0.970 bits per heavy atom. The molecule has 2 aliphatic rings. The third kappa shape index (κ3) is 4.72. The van der Waals surface area contributed by atoms with Gasteiger partial charge in [-0.2, -0.15) is 0 Å². The fourth-order valence-electron chi connectivity index (χ4n) is 5.54. The van der Waals surface area contributed by atoms with Crippen molar-refractivity contribution >= 4 is 16.7 Å². The van der Waals surface area contributed by atoms with Gasteiger partial charge in [0, 0.05) is 30.8 Å². The quantitative estimate of drug-likeness (QED) is 0.438. The van der Waals surface area contributed by atoms with E-state index < -0.39 is 11.6 Å². The van der Waals surface area contributed by atoms with Crippen molar-refractivity contribution in [2.45, 2.75) is 50.9 Å². The average molecular weight is 455 g/mol. The van der Waals surface area contributed by atoms with Crippen molar-refractivity contribution in [2.24, 2.45) is 5.92 Å². The maximum Gasteiger partial charge on any atom is 0.150 e. The summed E-state index contributed by atoms with van der Waals surface area (Å²) in [7, 11) is 0. The number of aromatic amines is 1. The van der Waals surface area contributed by atoms with E-state index in [1.807, 2.05) is 0 Å². The summed E-state index contributed by atoms with van der Waals surface area (Å²) in [5, 5.41) is 0.534. The highest BCUT2D eigenvalue weighted by atomic mass is 19.1. The third-order valence-electron chi connectivity index (χ3n) is 7.31. The van der Waals surface area contributed by atoms with Crippen LogP contribution in [0.25, 0.3) is 22.2 Å². The molecule has 6 heteroatoms. The molecular formula is C27H29F3N2O. The van der Waals surface area contributed by atoms with Gasteiger partial charge in [0.05, 0.1) is 11.2 Å². The number of halogens is 3. The highest BCUT2D eigenvalue weighted by Crippen LogP contribution is 2.49. The number of nitrogens with zero attached hydrogens (tertiary/aromatic N) is 1. The predicted octanol–water partition coefficient (Wildman–Crippen LogP) is 6.58. The molecule has 1 aliphatic heterocycles. The summed E-state index contributed by atoms with van der Waals surface area (Å²) in [6, 6.07) is 8.28. The van der Waals surface area contributed by atoms with Gasteiger partial charge in [0.15, 0.2) is 0 Å². The van der Waals surface area contributed by atoms with E-state index in [9.17, 15) is 18.0 Å². The molecule has 174 valence electrons. The minimum atomic E-state index is -0.636. The van der Waals surface area contributed by atoms with Gasteiger partial charge >= 0.3 is 0 Å². The lowest BCUT2D eigenvalue weighted by atomic mass is 9.68. The number of carbonyl (C=O) groups excluding carboxylic acids is 1. The number of aromatic nitrogens is 1. The Bertz CT molecular complexity index is 1140. The molecule has 2 fully saturated rings. The summed E-state index contributed by atoms with van der Waals surface area (Å²) < 4.78 is 42.0. The van der Waals surface area contributed by atoms with Crippen LogP contribution >= 0.6 is 0 Å². The molecule has 0 spiro atoms. The Morgan fingerprint density at radius 2 is 1.70 bits per heavy atom. The molecule has 1 aliphatic carbocycles. The zero-order chi connectivity index (χ0) is 22.9. The molecule has 5 rings (SSSR count). The van der Waals surface area contributed by atoms with Crippen molar-refractivity contribution in [3.05, 3.63) is 59.4 Å². The summed E-state index contributed by atoms with van der Waals surface area (Å²) in [4.78, 5) is 18.0. The number of nitrogens with one attached hydrogen (secondary N) is 1. The summed E-state index contributed by atoms with van der Waals surface area (Å²) in [6.45, 7) is 3.04. The standard InChI is InChI=1S/C27H29F3N2O/c28-20-6-4-18(5-7-20)26-25(23-15-21(29)16-24(30)27(23)31-26)19-12-17(13-19)14-22(33)8-11-32-9-2-1-3-10-32/h4-7,15-17,19,31H,1-3,8-14H2. The first kappa shape index (κ1) is 22.2. The molecule has 0 radical (unpaired) electrons. The van der Waals surface area contributed by atoms with Gasteiger partial charge in [-0.25, -0.2) is 13.2 Å². The molecule has 0 bridgehead atoms. The van der Waals surface area contributed by atoms with Crippen LogP contribution in [0.3, 0.4) is 0 Å². The van der Waals surface area contributed by atoms with Gasteiger partial charge < -0.3 is 9.88 Å². The lowest BCUT2D eigenvalue weighted by molar-refractivity contribution is -0.121. The third-order valence-corrected chi connectivity index (χ3v) is 7.31. The highest BCUT2D eigenvalue weighted by molar-refractivity contribution is 5.92. The van der Waals surface area contributed by atoms with Crippen molar-refractivity contribution in [3.8, 4) is 11.3 Å². The summed E-state index contributed by atoms with van der Waals surface area (Å²) in [5.41, 5.74) is 2.58. The van der Waals surface area contributed by atoms with Gasteiger partial charge in [0.1, 0.15) is 23.2 Å². The molecule has 0 atom stereocenters. The van der Waals surface area contributed by atoms with Crippen LogP contribution in [0, 0.1) is 23.4 Å². The first-order chi connectivity index (χ1) is 16.0. The number of hydrogen-bond donors (Lipinski definition) is 1. The van der Waals surface area contributed by atoms with Crippen LogP contribution in [0.4, 0.5) is 13.2 Å². The summed E-state index contributed by atoms with van der Waals surface area (Å²) >= 11 is 0. The van der Waals surface area contributed by atoms with E-state index in [0.717, 1.165) is 49.7 Å². The van der Waals surface area contributed by atoms with Crippen LogP contribution in [0.15, 0.2) is 36.4 Å². The van der Waals surface area contributed by atoms with Gasteiger partial charge in [-0.05, 0) is 92.1 Å². The van der Waals surface area contributed by atoms with E-state index in [-0.39, 0.29) is 17.3 Å². The second-order valence-corrected chi connectivity index (χ2v) is 9.66. The van der Waals surface area contributed by atoms with Crippen LogP contribution < -0.4 is 0 Å². The van der Waals surface area contributed by atoms with E-state index in [4.69, 9.17) is 0 Å². The largest absolute Gasteiger partial charge is 0.352 e. The minimum absolute atomic E-state index is 0.111. The highest BCUT2D eigenvalue weighted by Gasteiger charge is 2.35. The molecule has 33 heavy (non-hydrogen) atoms. The molecule has 3 aromatic rings. The van der Waals surface area contributed by atoms with Crippen molar-refractivity contribution in [1.82, 2.24) is 9.88 Å². The lowest BCUT2D eigenvalue weighted by Gasteiger charge is -2.36. The van der Waals surface area contributed by atoms with Crippen LogP contribution in [-0.2, 0) is 4.79 Å². The van der Waals surface area contributed by atoms with E-state index in [1.165, 1.54) is 37.5 Å². The van der Waals surface area contributed by atoms with Gasteiger partial charge in [-0.3, -0.25) is 4.79 Å². The smallest absolute Gasteiger partial charge is 0.150 e. The first-order valence-electron chi connectivity index (χ1n) is 12.0. The number of Topliss-reactive ketones (excluding diaryl/α,β-unsaturated/α-hetero) is 1. The van der Waals surface area contributed by atoms with Crippen molar-refractivity contribution in [2.75, 3.05) is 19.6 Å². The number of piperidine rings is 1. The topological polar surface area (TPSA) is 36.1 Å². The normalized spacial score (nSPS) is 21.3. The number of carbonyl (C=O) groups is 1. The van der Waals surface area contributed by atoms with Crippen LogP contribution in [0.5, 0.6) is 0 Å². The molecule has 1 saturated heterocycles. The Labute approximate surface area is 192 Å². The zero-order valence-electron chi connectivity index (χ0n) is 18.7. The van der Waals surface area contributed by atoms with Crippen LogP contribution in [0.2, 0.25) is 0 Å². The Morgan fingerprint density at radius 3 is 2.42 bits per heavy atom. The number of H-pyrrole nitrogens is 1. The molecule has 2 heterocycles. The average Bonchev–Trinajstić information content (AvgIpc) is 3.15. The fraction of sp³-hybridized carbons (Fsp3) is 0.444. The molecule has 2 aromatic carbocycles. The second kappa shape index (κ2) is 9.34. The number of benzene rings is 2. The van der Waals surface area contributed by atoms with Gasteiger partial charge in [0.2, 0.25) is 0 Å². The van der Waals surface area contributed by atoms with Gasteiger partial charge in [-0.1, -0.05) is 6.42 Å². The van der Waals surface area contributed by atoms with E-state index in [0.29, 0.717) is 35.6 Å². The molecule has 0 amide bonds. The molecule has 1 saturated carbocycles. The maximum atomic E-state index is 14.5. The van der Waals surface area contributed by atoms with E-state index in [2.05, 4.69) is 9.88 Å². The first-order valence-corrected chi connectivity index (χ1v) is 12.0. The van der Waals surface area contributed by atoms with Crippen molar-refractivity contribution in [1.29, 1.82) is 0 Å². The molecule has 1 aromatic heterocycles. The van der Waals surface area contributed by atoms with E-state index in [1.54, 1.807) is 12.1 Å². The Hall–Kier alpha value is -2.60.